The Morgan fingerprint density at radius 1 is 1.29 bits per heavy atom. The van der Waals surface area contributed by atoms with Crippen molar-refractivity contribution in [2.45, 2.75) is 23.8 Å². The largest absolute Gasteiger partial charge is 0.341 e. The number of carbonyl (C=O) groups is 1. The van der Waals surface area contributed by atoms with Gasteiger partial charge in [-0.1, -0.05) is 11.8 Å². The van der Waals surface area contributed by atoms with Gasteiger partial charge < -0.3 is 4.98 Å². The number of carbonyl (C=O) groups excluding carboxylic acids is 1. The number of hydrogen-bond acceptors (Lipinski definition) is 5. The smallest absolute Gasteiger partial charge is 0.181 e. The number of halogens is 1. The van der Waals surface area contributed by atoms with Crippen LogP contribution in [-0.4, -0.2) is 25.7 Å². The lowest BCUT2D eigenvalue weighted by molar-refractivity contribution is 0.101. The maximum atomic E-state index is 13.7. The summed E-state index contributed by atoms with van der Waals surface area (Å²) in [5, 5.41) is 0.644. The van der Waals surface area contributed by atoms with Gasteiger partial charge in [0.05, 0.1) is 6.33 Å². The number of hydrogen-bond donors (Lipinski definition) is 1. The highest BCUT2D eigenvalue weighted by atomic mass is 32.2. The Labute approximate surface area is 124 Å². The monoisotopic (exact) mass is 302 g/mol. The van der Waals surface area contributed by atoms with E-state index in [0.29, 0.717) is 32.2 Å². The fraction of sp³-hybridized carbons (Fsp3) is 0.143. The molecule has 2 aromatic heterocycles. The van der Waals surface area contributed by atoms with Gasteiger partial charge in [0.25, 0.3) is 0 Å². The Balaban J connectivity index is 2.11. The van der Waals surface area contributed by atoms with E-state index >= 15 is 0 Å². The van der Waals surface area contributed by atoms with Crippen molar-refractivity contribution in [3.63, 3.8) is 0 Å². The molecule has 5 nitrogen and oxygen atoms in total. The number of H-pyrrole nitrogens is 1. The van der Waals surface area contributed by atoms with Crippen LogP contribution in [0.3, 0.4) is 0 Å². The van der Waals surface area contributed by atoms with Crippen molar-refractivity contribution < 1.29 is 9.18 Å². The summed E-state index contributed by atoms with van der Waals surface area (Å²) in [5.74, 6) is -0.578. The molecule has 2 heterocycles. The third-order valence-electron chi connectivity index (χ3n) is 3.03. The minimum Gasteiger partial charge on any atom is -0.341 e. The van der Waals surface area contributed by atoms with Gasteiger partial charge in [-0.2, -0.15) is 0 Å². The van der Waals surface area contributed by atoms with E-state index in [9.17, 15) is 9.18 Å². The highest BCUT2D eigenvalue weighted by Crippen LogP contribution is 2.33. The SMILES string of the molecule is CC(=O)c1cc(F)c(C)cc1Sc1ncnc2nc[nH]c12. The molecule has 7 heteroatoms. The van der Waals surface area contributed by atoms with Crippen molar-refractivity contribution in [1.29, 1.82) is 0 Å². The number of ketones is 1. The van der Waals surface area contributed by atoms with Gasteiger partial charge in [-0.15, -0.1) is 0 Å². The minimum absolute atomic E-state index is 0.189. The van der Waals surface area contributed by atoms with E-state index in [1.54, 1.807) is 13.0 Å². The maximum Gasteiger partial charge on any atom is 0.181 e. The van der Waals surface area contributed by atoms with Crippen LogP contribution in [0.25, 0.3) is 11.2 Å². The van der Waals surface area contributed by atoms with Crippen molar-refractivity contribution in [1.82, 2.24) is 19.9 Å². The van der Waals surface area contributed by atoms with Gasteiger partial charge in [0.1, 0.15) is 22.7 Å². The van der Waals surface area contributed by atoms with E-state index in [4.69, 9.17) is 0 Å². The third kappa shape index (κ3) is 2.52. The summed E-state index contributed by atoms with van der Waals surface area (Å²) in [6.07, 6.45) is 2.94. The van der Waals surface area contributed by atoms with E-state index < -0.39 is 0 Å². The molecule has 21 heavy (non-hydrogen) atoms. The quantitative estimate of drug-likeness (QED) is 0.594. The molecule has 0 atom stereocenters. The second-order valence-corrected chi connectivity index (χ2v) is 5.57. The fourth-order valence-corrected chi connectivity index (χ4v) is 3.05. The van der Waals surface area contributed by atoms with Crippen LogP contribution in [0.5, 0.6) is 0 Å². The summed E-state index contributed by atoms with van der Waals surface area (Å²) in [7, 11) is 0. The molecule has 106 valence electrons. The zero-order valence-corrected chi connectivity index (χ0v) is 12.2. The maximum absolute atomic E-state index is 13.7. The van der Waals surface area contributed by atoms with Crippen molar-refractivity contribution in [2.75, 3.05) is 0 Å². The Hall–Kier alpha value is -2.28. The van der Waals surface area contributed by atoms with Crippen LogP contribution in [-0.2, 0) is 0 Å². The molecular formula is C14H11FN4OS. The molecule has 0 saturated heterocycles. The predicted octanol–water partition coefficient (Wildman–Crippen LogP) is 3.15. The number of fused-ring (bicyclic) bond motifs is 1. The van der Waals surface area contributed by atoms with Gasteiger partial charge in [0.15, 0.2) is 11.4 Å². The van der Waals surface area contributed by atoms with Crippen LogP contribution in [0.2, 0.25) is 0 Å². The standard InChI is InChI=1S/C14H11FN4OS/c1-7-3-11(9(8(2)20)4-10(7)15)21-14-12-13(17-5-16-12)18-6-19-14/h3-6H,1-2H3,(H,16,17,18,19). The predicted molar refractivity (Wildman–Crippen MR) is 76.9 cm³/mol. The topological polar surface area (TPSA) is 71.5 Å². The molecule has 0 radical (unpaired) electrons. The first kappa shape index (κ1) is 13.7. The molecule has 0 aliphatic carbocycles. The van der Waals surface area contributed by atoms with Gasteiger partial charge in [-0.05, 0) is 31.5 Å². The van der Waals surface area contributed by atoms with Crippen molar-refractivity contribution >= 4 is 28.7 Å². The van der Waals surface area contributed by atoms with Crippen molar-refractivity contribution in [3.8, 4) is 0 Å². The first-order valence-electron chi connectivity index (χ1n) is 6.19. The Morgan fingerprint density at radius 2 is 2.10 bits per heavy atom. The molecule has 0 fully saturated rings. The fourth-order valence-electron chi connectivity index (χ4n) is 1.94. The molecule has 1 N–H and O–H groups in total. The molecular weight excluding hydrogens is 291 g/mol. The number of nitrogens with zero attached hydrogens (tertiary/aromatic N) is 3. The lowest BCUT2D eigenvalue weighted by Gasteiger charge is -2.08. The Bertz CT molecular complexity index is 846. The lowest BCUT2D eigenvalue weighted by atomic mass is 10.1. The average Bonchev–Trinajstić information content (AvgIpc) is 2.91. The number of Topliss-reactive ketones (excluding diaryl/α,β-unsaturated/α-hetero) is 1. The van der Waals surface area contributed by atoms with Crippen LogP contribution >= 0.6 is 11.8 Å². The third-order valence-corrected chi connectivity index (χ3v) is 4.10. The molecule has 0 aliphatic rings. The lowest BCUT2D eigenvalue weighted by Crippen LogP contribution is -1.99. The van der Waals surface area contributed by atoms with E-state index in [1.807, 2.05) is 0 Å². The first-order valence-corrected chi connectivity index (χ1v) is 7.01. The van der Waals surface area contributed by atoms with Crippen LogP contribution in [0.15, 0.2) is 34.7 Å². The summed E-state index contributed by atoms with van der Waals surface area (Å²) in [4.78, 5) is 27.6. The second-order valence-electron chi connectivity index (χ2n) is 4.54. The van der Waals surface area contributed by atoms with Crippen molar-refractivity contribution in [3.05, 3.63) is 41.7 Å². The summed E-state index contributed by atoms with van der Waals surface area (Å²) in [5.41, 5.74) is 2.07. The number of rotatable bonds is 3. The summed E-state index contributed by atoms with van der Waals surface area (Å²) >= 11 is 1.29. The average molecular weight is 302 g/mol. The molecule has 3 rings (SSSR count). The molecule has 0 unspecified atom stereocenters. The molecule has 0 saturated carbocycles. The summed E-state index contributed by atoms with van der Waals surface area (Å²) in [6, 6.07) is 2.92. The van der Waals surface area contributed by atoms with Gasteiger partial charge in [-0.3, -0.25) is 4.79 Å². The Morgan fingerprint density at radius 3 is 2.86 bits per heavy atom. The van der Waals surface area contributed by atoms with Crippen LogP contribution < -0.4 is 0 Å². The van der Waals surface area contributed by atoms with Crippen molar-refractivity contribution in [2.24, 2.45) is 0 Å². The number of aromatic amines is 1. The zero-order chi connectivity index (χ0) is 15.0. The first-order chi connectivity index (χ1) is 10.1. The zero-order valence-electron chi connectivity index (χ0n) is 11.3. The Kier molecular flexibility index (Phi) is 3.42. The number of nitrogens with one attached hydrogen (secondary N) is 1. The second kappa shape index (κ2) is 5.25. The molecule has 0 bridgehead atoms. The van der Waals surface area contributed by atoms with Crippen LogP contribution in [0.4, 0.5) is 4.39 Å². The van der Waals surface area contributed by atoms with E-state index in [1.165, 1.54) is 37.4 Å². The van der Waals surface area contributed by atoms with E-state index in [-0.39, 0.29) is 11.6 Å². The van der Waals surface area contributed by atoms with Crippen LogP contribution in [0, 0.1) is 12.7 Å². The molecule has 1 aromatic carbocycles. The highest BCUT2D eigenvalue weighted by Gasteiger charge is 2.15. The normalized spacial score (nSPS) is 11.0. The molecule has 3 aromatic rings. The highest BCUT2D eigenvalue weighted by molar-refractivity contribution is 7.99. The van der Waals surface area contributed by atoms with Gasteiger partial charge in [-0.25, -0.2) is 19.3 Å². The van der Waals surface area contributed by atoms with Gasteiger partial charge in [0.2, 0.25) is 0 Å². The van der Waals surface area contributed by atoms with E-state index in [0.717, 1.165) is 0 Å². The van der Waals surface area contributed by atoms with Gasteiger partial charge in [0, 0.05) is 10.5 Å². The number of aromatic nitrogens is 4. The summed E-state index contributed by atoms with van der Waals surface area (Å²) < 4.78 is 13.7. The molecule has 0 spiro atoms. The number of aryl methyl sites for hydroxylation is 1. The van der Waals surface area contributed by atoms with Crippen LogP contribution in [0.1, 0.15) is 22.8 Å². The molecule has 0 amide bonds. The number of benzene rings is 1. The van der Waals surface area contributed by atoms with Gasteiger partial charge >= 0.3 is 0 Å². The minimum atomic E-state index is -0.390. The summed E-state index contributed by atoms with van der Waals surface area (Å²) in [6.45, 7) is 3.08. The number of imidazole rings is 1. The molecule has 0 aliphatic heterocycles. The van der Waals surface area contributed by atoms with E-state index in [2.05, 4.69) is 19.9 Å².